The number of pyridine rings is 1. The van der Waals surface area contributed by atoms with Gasteiger partial charge in [0, 0.05) is 0 Å². The SMILES string of the molecule is COC(=O)c1c(C(=O)OC)c2c(C)c3c4c(ccc1n42)CCC3. The van der Waals surface area contributed by atoms with Crippen molar-refractivity contribution < 1.29 is 19.1 Å². The zero-order chi connectivity index (χ0) is 16.3. The topological polar surface area (TPSA) is 57.0 Å². The summed E-state index contributed by atoms with van der Waals surface area (Å²) in [4.78, 5) is 24.7. The van der Waals surface area contributed by atoms with E-state index in [0.717, 1.165) is 35.9 Å². The molecule has 3 heterocycles. The second-order valence-electron chi connectivity index (χ2n) is 5.97. The number of aryl methyl sites for hydroxylation is 3. The monoisotopic (exact) mass is 311 g/mol. The molecule has 1 aliphatic carbocycles. The fraction of sp³-hybridized carbons (Fsp3) is 0.333. The summed E-state index contributed by atoms with van der Waals surface area (Å²) in [6, 6.07) is 3.96. The van der Waals surface area contributed by atoms with Crippen molar-refractivity contribution in [2.45, 2.75) is 26.2 Å². The van der Waals surface area contributed by atoms with Gasteiger partial charge in [0.1, 0.15) is 11.1 Å². The van der Waals surface area contributed by atoms with Crippen molar-refractivity contribution in [2.24, 2.45) is 0 Å². The summed E-state index contributed by atoms with van der Waals surface area (Å²) in [5.74, 6) is -1.02. The van der Waals surface area contributed by atoms with Crippen LogP contribution in [0.5, 0.6) is 0 Å². The highest BCUT2D eigenvalue weighted by Crippen LogP contribution is 2.40. The molecule has 0 aromatic carbocycles. The fourth-order valence-electron chi connectivity index (χ4n) is 3.96. The summed E-state index contributed by atoms with van der Waals surface area (Å²) in [6.07, 6.45) is 3.11. The Morgan fingerprint density at radius 2 is 1.70 bits per heavy atom. The van der Waals surface area contributed by atoms with Crippen LogP contribution in [0.25, 0.3) is 16.6 Å². The third kappa shape index (κ3) is 1.62. The van der Waals surface area contributed by atoms with E-state index in [0.29, 0.717) is 16.6 Å². The van der Waals surface area contributed by atoms with Crippen molar-refractivity contribution in [3.63, 3.8) is 0 Å². The molecule has 0 saturated heterocycles. The van der Waals surface area contributed by atoms with Crippen LogP contribution in [-0.2, 0) is 22.3 Å². The number of hydrogen-bond donors (Lipinski definition) is 0. The van der Waals surface area contributed by atoms with Crippen molar-refractivity contribution in [3.05, 3.63) is 39.9 Å². The molecule has 0 atom stereocenters. The number of hydrogen-bond acceptors (Lipinski definition) is 4. The van der Waals surface area contributed by atoms with Crippen LogP contribution >= 0.6 is 0 Å². The first kappa shape index (κ1) is 14.1. The number of carbonyl (C=O) groups excluding carboxylic acids is 2. The van der Waals surface area contributed by atoms with Gasteiger partial charge in [-0.1, -0.05) is 6.07 Å². The first-order valence-electron chi connectivity index (χ1n) is 7.67. The second-order valence-corrected chi connectivity index (χ2v) is 5.97. The molecule has 1 aliphatic rings. The Kier molecular flexibility index (Phi) is 2.88. The average molecular weight is 311 g/mol. The summed E-state index contributed by atoms with van der Waals surface area (Å²) in [6.45, 7) is 2.01. The largest absolute Gasteiger partial charge is 0.465 e. The molecule has 23 heavy (non-hydrogen) atoms. The molecule has 0 unspecified atom stereocenters. The number of esters is 2. The number of aromatic nitrogens is 1. The minimum Gasteiger partial charge on any atom is -0.465 e. The Hall–Kier alpha value is -2.56. The molecule has 0 radical (unpaired) electrons. The van der Waals surface area contributed by atoms with Gasteiger partial charge in [-0.25, -0.2) is 9.59 Å². The number of carbonyl (C=O) groups is 2. The first-order chi connectivity index (χ1) is 11.1. The summed E-state index contributed by atoms with van der Waals surface area (Å²) in [5.41, 5.74) is 6.82. The first-order valence-corrected chi connectivity index (χ1v) is 7.67. The smallest absolute Gasteiger partial charge is 0.340 e. The molecule has 118 valence electrons. The molecule has 3 aromatic rings. The van der Waals surface area contributed by atoms with E-state index in [1.54, 1.807) is 0 Å². The average Bonchev–Trinajstić information content (AvgIpc) is 3.07. The van der Waals surface area contributed by atoms with E-state index in [-0.39, 0.29) is 0 Å². The maximum atomic E-state index is 12.4. The van der Waals surface area contributed by atoms with E-state index >= 15 is 0 Å². The van der Waals surface area contributed by atoms with Crippen LogP contribution in [0.4, 0.5) is 0 Å². The maximum absolute atomic E-state index is 12.4. The van der Waals surface area contributed by atoms with Gasteiger partial charge in [-0.3, -0.25) is 0 Å². The highest BCUT2D eigenvalue weighted by molar-refractivity contribution is 6.15. The summed E-state index contributed by atoms with van der Waals surface area (Å²) in [5, 5.41) is 0. The molecule has 0 fully saturated rings. The minimum absolute atomic E-state index is 0.293. The van der Waals surface area contributed by atoms with Crippen LogP contribution in [0.1, 0.15) is 43.8 Å². The minimum atomic E-state index is -0.513. The van der Waals surface area contributed by atoms with Gasteiger partial charge in [0.15, 0.2) is 0 Å². The Bertz CT molecular complexity index is 967. The molecule has 0 saturated carbocycles. The van der Waals surface area contributed by atoms with E-state index in [1.807, 2.05) is 17.4 Å². The predicted molar refractivity (Wildman–Crippen MR) is 85.5 cm³/mol. The summed E-state index contributed by atoms with van der Waals surface area (Å²) in [7, 11) is 2.66. The Labute approximate surface area is 133 Å². The molecule has 0 bridgehead atoms. The number of nitrogens with zero attached hydrogens (tertiary/aromatic N) is 1. The van der Waals surface area contributed by atoms with Gasteiger partial charge >= 0.3 is 11.9 Å². The van der Waals surface area contributed by atoms with Gasteiger partial charge in [0.05, 0.1) is 30.8 Å². The van der Waals surface area contributed by atoms with Crippen LogP contribution in [0.3, 0.4) is 0 Å². The molecule has 0 N–H and O–H groups in total. The normalized spacial score (nSPS) is 13.7. The Balaban J connectivity index is 2.25. The van der Waals surface area contributed by atoms with Gasteiger partial charge in [0.25, 0.3) is 0 Å². The lowest BCUT2D eigenvalue weighted by molar-refractivity contribution is 0.0559. The Morgan fingerprint density at radius 3 is 2.39 bits per heavy atom. The highest BCUT2D eigenvalue weighted by Gasteiger charge is 2.32. The third-order valence-electron chi connectivity index (χ3n) is 4.92. The van der Waals surface area contributed by atoms with Crippen molar-refractivity contribution in [1.29, 1.82) is 0 Å². The lowest BCUT2D eigenvalue weighted by atomic mass is 9.93. The van der Waals surface area contributed by atoms with Crippen LogP contribution in [0, 0.1) is 6.92 Å². The molecule has 4 rings (SSSR count). The standard InChI is InChI=1S/C18H17NO4/c1-9-11-6-4-5-10-7-8-12-13(17(20)22-2)14(18(21)23-3)15(9)19(12)16(10)11/h7-8H,4-6H2,1-3H3. The van der Waals surface area contributed by atoms with Gasteiger partial charge in [-0.2, -0.15) is 0 Å². The molecule has 0 amide bonds. The third-order valence-corrected chi connectivity index (χ3v) is 4.92. The zero-order valence-electron chi connectivity index (χ0n) is 13.4. The maximum Gasteiger partial charge on any atom is 0.340 e. The number of rotatable bonds is 2. The molecule has 5 heteroatoms. The van der Waals surface area contributed by atoms with Crippen molar-refractivity contribution in [3.8, 4) is 0 Å². The van der Waals surface area contributed by atoms with Gasteiger partial charge in [-0.15, -0.1) is 0 Å². The molecular weight excluding hydrogens is 294 g/mol. The van der Waals surface area contributed by atoms with Crippen molar-refractivity contribution >= 4 is 28.5 Å². The molecule has 0 aliphatic heterocycles. The van der Waals surface area contributed by atoms with Gasteiger partial charge in [0.2, 0.25) is 0 Å². The van der Waals surface area contributed by atoms with Gasteiger partial charge < -0.3 is 13.9 Å². The van der Waals surface area contributed by atoms with E-state index in [9.17, 15) is 9.59 Å². The van der Waals surface area contributed by atoms with E-state index < -0.39 is 11.9 Å². The van der Waals surface area contributed by atoms with Crippen LogP contribution in [-0.4, -0.2) is 30.6 Å². The molecular formula is C18H17NO4. The number of ether oxygens (including phenoxy) is 2. The van der Waals surface area contributed by atoms with Crippen LogP contribution in [0.15, 0.2) is 12.1 Å². The van der Waals surface area contributed by atoms with Crippen LogP contribution < -0.4 is 0 Å². The van der Waals surface area contributed by atoms with E-state index in [2.05, 4.69) is 6.07 Å². The molecule has 0 spiro atoms. The van der Waals surface area contributed by atoms with E-state index in [1.165, 1.54) is 25.3 Å². The van der Waals surface area contributed by atoms with E-state index in [4.69, 9.17) is 9.47 Å². The van der Waals surface area contributed by atoms with Gasteiger partial charge in [-0.05, 0) is 48.9 Å². The van der Waals surface area contributed by atoms with Crippen molar-refractivity contribution in [1.82, 2.24) is 4.40 Å². The quantitative estimate of drug-likeness (QED) is 0.683. The fourth-order valence-corrected chi connectivity index (χ4v) is 3.96. The number of methoxy groups -OCH3 is 2. The predicted octanol–water partition coefficient (Wildman–Crippen LogP) is 2.90. The lowest BCUT2D eigenvalue weighted by Crippen LogP contribution is -2.10. The summed E-state index contributed by atoms with van der Waals surface area (Å²) < 4.78 is 11.9. The van der Waals surface area contributed by atoms with Crippen molar-refractivity contribution in [2.75, 3.05) is 14.2 Å². The zero-order valence-corrected chi connectivity index (χ0v) is 13.4. The lowest BCUT2D eigenvalue weighted by Gasteiger charge is -2.14. The molecule has 3 aromatic heterocycles. The Morgan fingerprint density at radius 1 is 1.00 bits per heavy atom. The second kappa shape index (κ2) is 4.72. The van der Waals surface area contributed by atoms with Crippen LogP contribution in [0.2, 0.25) is 0 Å². The summed E-state index contributed by atoms with van der Waals surface area (Å²) >= 11 is 0. The highest BCUT2D eigenvalue weighted by atomic mass is 16.5. The molecule has 5 nitrogen and oxygen atoms in total.